The predicted octanol–water partition coefficient (Wildman–Crippen LogP) is 4.25. The van der Waals surface area contributed by atoms with Crippen molar-refractivity contribution in [3.8, 4) is 0 Å². The molecule has 0 bridgehead atoms. The summed E-state index contributed by atoms with van der Waals surface area (Å²) in [6.45, 7) is 0. The second-order valence-electron chi connectivity index (χ2n) is 8.54. The van der Waals surface area contributed by atoms with Gasteiger partial charge in [0, 0.05) is 12.3 Å². The normalized spacial score (nSPS) is 15.8. The fourth-order valence-corrected chi connectivity index (χ4v) is 5.51. The van der Waals surface area contributed by atoms with Gasteiger partial charge in [0.2, 0.25) is 5.91 Å². The predicted molar refractivity (Wildman–Crippen MR) is 128 cm³/mol. The molecule has 1 saturated carbocycles. The van der Waals surface area contributed by atoms with Crippen molar-refractivity contribution in [3.05, 3.63) is 78.4 Å². The van der Waals surface area contributed by atoms with Gasteiger partial charge >= 0.3 is 0 Å². The van der Waals surface area contributed by atoms with Crippen LogP contribution >= 0.6 is 0 Å². The Labute approximate surface area is 194 Å². The maximum atomic E-state index is 13.5. The second kappa shape index (κ2) is 10.3. The molecule has 0 radical (unpaired) electrons. The highest BCUT2D eigenvalue weighted by molar-refractivity contribution is 7.89. The van der Waals surface area contributed by atoms with Gasteiger partial charge in [-0.25, -0.2) is 8.42 Å². The van der Waals surface area contributed by atoms with Gasteiger partial charge in [0.15, 0.2) is 0 Å². The molecular weight excluding hydrogens is 436 g/mol. The minimum atomic E-state index is -4.09. The zero-order chi connectivity index (χ0) is 23.3. The summed E-state index contributed by atoms with van der Waals surface area (Å²) < 4.78 is 26.7. The Morgan fingerprint density at radius 2 is 1.61 bits per heavy atom. The van der Waals surface area contributed by atoms with Crippen molar-refractivity contribution in [2.45, 2.75) is 49.5 Å². The number of hydrogen-bond acceptors (Lipinski definition) is 4. The number of aldehydes is 1. The molecule has 3 aromatic carbocycles. The van der Waals surface area contributed by atoms with Gasteiger partial charge in [-0.2, -0.15) is 0 Å². The number of benzene rings is 3. The van der Waals surface area contributed by atoms with Crippen molar-refractivity contribution in [2.75, 3.05) is 0 Å². The molecule has 1 N–H and O–H groups in total. The van der Waals surface area contributed by atoms with Crippen LogP contribution in [-0.4, -0.2) is 31.7 Å². The van der Waals surface area contributed by atoms with E-state index in [9.17, 15) is 18.0 Å². The molecule has 0 aromatic heterocycles. The molecule has 1 aliphatic carbocycles. The van der Waals surface area contributed by atoms with E-state index in [0.29, 0.717) is 19.1 Å². The molecular formula is C26H28N2O4S. The summed E-state index contributed by atoms with van der Waals surface area (Å²) in [5, 5.41) is 2.75. The van der Waals surface area contributed by atoms with Gasteiger partial charge in [-0.05, 0) is 41.3 Å². The Morgan fingerprint density at radius 1 is 0.939 bits per heavy atom. The van der Waals surface area contributed by atoms with E-state index in [-0.39, 0.29) is 23.1 Å². The number of rotatable bonds is 8. The van der Waals surface area contributed by atoms with E-state index in [0.717, 1.165) is 40.6 Å². The molecule has 1 atom stereocenters. The maximum Gasteiger partial charge on any atom is 0.257 e. The number of nitrogens with one attached hydrogen (secondary N) is 1. The minimum Gasteiger partial charge on any atom is -0.301 e. The van der Waals surface area contributed by atoms with E-state index in [1.165, 1.54) is 6.07 Å². The number of carbonyl (C=O) groups is 2. The van der Waals surface area contributed by atoms with E-state index >= 15 is 0 Å². The van der Waals surface area contributed by atoms with E-state index in [1.807, 2.05) is 54.6 Å². The number of hydrazine groups is 1. The van der Waals surface area contributed by atoms with Crippen LogP contribution in [0.4, 0.5) is 0 Å². The molecule has 7 heteroatoms. The summed E-state index contributed by atoms with van der Waals surface area (Å²) in [5.41, 5.74) is 0.848. The SMILES string of the molecule is O=C[C@H](Cc1ccccc1)N(NS(=O)(=O)c1ccc2ccccc2c1)C(=O)C1CCCCC1. The number of amides is 1. The minimum absolute atomic E-state index is 0.0482. The largest absolute Gasteiger partial charge is 0.301 e. The summed E-state index contributed by atoms with van der Waals surface area (Å²) in [5.74, 6) is -0.636. The molecule has 33 heavy (non-hydrogen) atoms. The third-order valence-electron chi connectivity index (χ3n) is 6.22. The first kappa shape index (κ1) is 23.1. The van der Waals surface area contributed by atoms with Crippen LogP contribution in [0.2, 0.25) is 0 Å². The Hall–Kier alpha value is -3.03. The first-order valence-corrected chi connectivity index (χ1v) is 12.8. The Morgan fingerprint density at radius 3 is 2.30 bits per heavy atom. The van der Waals surface area contributed by atoms with E-state index in [4.69, 9.17) is 0 Å². The summed E-state index contributed by atoms with van der Waals surface area (Å²) in [7, 11) is -4.09. The van der Waals surface area contributed by atoms with Crippen LogP contribution in [0.1, 0.15) is 37.7 Å². The Balaban J connectivity index is 1.66. The number of nitrogens with zero attached hydrogens (tertiary/aromatic N) is 1. The van der Waals surface area contributed by atoms with Crippen molar-refractivity contribution in [2.24, 2.45) is 5.92 Å². The topological polar surface area (TPSA) is 83.6 Å². The van der Waals surface area contributed by atoms with Gasteiger partial charge in [-0.15, -0.1) is 4.83 Å². The van der Waals surface area contributed by atoms with Gasteiger partial charge in [0.25, 0.3) is 10.0 Å². The smallest absolute Gasteiger partial charge is 0.257 e. The zero-order valence-electron chi connectivity index (χ0n) is 18.4. The van der Waals surface area contributed by atoms with Crippen molar-refractivity contribution >= 4 is 33.0 Å². The lowest BCUT2D eigenvalue weighted by Crippen LogP contribution is -2.55. The van der Waals surface area contributed by atoms with E-state index < -0.39 is 16.1 Å². The number of fused-ring (bicyclic) bond motifs is 1. The highest BCUT2D eigenvalue weighted by Gasteiger charge is 2.34. The highest BCUT2D eigenvalue weighted by atomic mass is 32.2. The monoisotopic (exact) mass is 464 g/mol. The lowest BCUT2D eigenvalue weighted by molar-refractivity contribution is -0.143. The van der Waals surface area contributed by atoms with Crippen LogP contribution in [0.3, 0.4) is 0 Å². The molecule has 3 aromatic rings. The number of sulfonamides is 1. The Kier molecular flexibility index (Phi) is 7.20. The van der Waals surface area contributed by atoms with Crippen molar-refractivity contribution in [1.82, 2.24) is 9.84 Å². The molecule has 4 rings (SSSR count). The lowest BCUT2D eigenvalue weighted by Gasteiger charge is -2.33. The second-order valence-corrected chi connectivity index (χ2v) is 10.2. The lowest BCUT2D eigenvalue weighted by atomic mass is 9.88. The van der Waals surface area contributed by atoms with Gasteiger partial charge < -0.3 is 4.79 Å². The maximum absolute atomic E-state index is 13.5. The van der Waals surface area contributed by atoms with Crippen LogP contribution in [-0.2, 0) is 26.0 Å². The average Bonchev–Trinajstić information content (AvgIpc) is 2.86. The van der Waals surface area contributed by atoms with Crippen LogP contribution in [0.15, 0.2) is 77.7 Å². The molecule has 0 aliphatic heterocycles. The van der Waals surface area contributed by atoms with Gasteiger partial charge in [0.05, 0.1) is 4.90 Å². The quantitative estimate of drug-likeness (QED) is 0.399. The van der Waals surface area contributed by atoms with Crippen molar-refractivity contribution in [1.29, 1.82) is 0 Å². The molecule has 6 nitrogen and oxygen atoms in total. The number of carbonyl (C=O) groups excluding carboxylic acids is 2. The molecule has 1 aliphatic rings. The third-order valence-corrected chi connectivity index (χ3v) is 7.53. The van der Waals surface area contributed by atoms with Crippen LogP contribution in [0.5, 0.6) is 0 Å². The molecule has 0 saturated heterocycles. The first-order valence-electron chi connectivity index (χ1n) is 11.3. The summed E-state index contributed by atoms with van der Waals surface area (Å²) in [6, 6.07) is 20.6. The Bertz CT molecular complexity index is 1220. The highest BCUT2D eigenvalue weighted by Crippen LogP contribution is 2.27. The third kappa shape index (κ3) is 5.49. The molecule has 0 unspecified atom stereocenters. The molecule has 1 amide bonds. The average molecular weight is 465 g/mol. The summed E-state index contributed by atoms with van der Waals surface area (Å²) >= 11 is 0. The fraction of sp³-hybridized carbons (Fsp3) is 0.308. The van der Waals surface area contributed by atoms with Crippen LogP contribution < -0.4 is 4.83 Å². The zero-order valence-corrected chi connectivity index (χ0v) is 19.2. The summed E-state index contributed by atoms with van der Waals surface area (Å²) in [4.78, 5) is 28.1. The van der Waals surface area contributed by atoms with Gasteiger partial charge in [-0.3, -0.25) is 9.80 Å². The molecule has 172 valence electrons. The first-order chi connectivity index (χ1) is 16.0. The molecule has 0 spiro atoms. The van der Waals surface area contributed by atoms with Gasteiger partial charge in [0.1, 0.15) is 12.3 Å². The van der Waals surface area contributed by atoms with Crippen LogP contribution in [0, 0.1) is 5.92 Å². The van der Waals surface area contributed by atoms with Gasteiger partial charge in [-0.1, -0.05) is 79.9 Å². The molecule has 0 heterocycles. The molecule has 1 fully saturated rings. The fourth-order valence-electron chi connectivity index (χ4n) is 4.39. The van der Waals surface area contributed by atoms with Crippen molar-refractivity contribution < 1.29 is 18.0 Å². The summed E-state index contributed by atoms with van der Waals surface area (Å²) in [6.07, 6.45) is 5.18. The van der Waals surface area contributed by atoms with Crippen molar-refractivity contribution in [3.63, 3.8) is 0 Å². The van der Waals surface area contributed by atoms with Crippen LogP contribution in [0.25, 0.3) is 10.8 Å². The van der Waals surface area contributed by atoms with E-state index in [1.54, 1.807) is 12.1 Å². The number of hydrogen-bond donors (Lipinski definition) is 1. The van der Waals surface area contributed by atoms with E-state index in [2.05, 4.69) is 4.83 Å². The standard InChI is InChI=1S/C26H28N2O4S/c29-19-24(17-20-9-3-1-4-10-20)28(26(30)22-12-5-2-6-13-22)27-33(31,32)25-16-15-21-11-7-8-14-23(21)18-25/h1,3-4,7-11,14-16,18-19,22,24,27H,2,5-6,12-13,17H2/t24-/m0/s1.